The second-order valence-corrected chi connectivity index (χ2v) is 9.91. The molecule has 174 valence electrons. The third kappa shape index (κ3) is 5.50. The fourth-order valence-electron chi connectivity index (χ4n) is 3.25. The lowest BCUT2D eigenvalue weighted by Gasteiger charge is -2.26. The van der Waals surface area contributed by atoms with Gasteiger partial charge in [-0.3, -0.25) is 5.43 Å². The van der Waals surface area contributed by atoms with E-state index in [1.807, 2.05) is 18.4 Å². The predicted octanol–water partition coefficient (Wildman–Crippen LogP) is 3.38. The van der Waals surface area contributed by atoms with E-state index in [0.717, 1.165) is 5.56 Å². The average molecular weight is 489 g/mol. The van der Waals surface area contributed by atoms with Crippen LogP contribution in [0, 0.1) is 0 Å². The molecule has 1 aromatic heterocycles. The monoisotopic (exact) mass is 488 g/mol. The Labute approximate surface area is 196 Å². The zero-order valence-corrected chi connectivity index (χ0v) is 19.6. The quantitative estimate of drug-likeness (QED) is 0.369. The standard InChI is InChI=1S/C22H24N4O5S2/c1-2-31-21-12-16(6-7-20(21)27)14-23-25-22-24-19(15-32-22)17-4-3-5-18(13-17)33(28,29)26-8-10-30-11-9-26/h3-7,12-15,27H,2,8-11H2,1H3,(H,24,25)/b23-14-. The van der Waals surface area contributed by atoms with E-state index in [2.05, 4.69) is 15.5 Å². The Morgan fingerprint density at radius 3 is 2.88 bits per heavy atom. The highest BCUT2D eigenvalue weighted by molar-refractivity contribution is 7.89. The highest BCUT2D eigenvalue weighted by Gasteiger charge is 2.26. The van der Waals surface area contributed by atoms with Crippen LogP contribution in [0.5, 0.6) is 11.5 Å². The van der Waals surface area contributed by atoms with Crippen LogP contribution in [-0.2, 0) is 14.8 Å². The topological polar surface area (TPSA) is 113 Å². The van der Waals surface area contributed by atoms with Gasteiger partial charge in [0, 0.05) is 24.0 Å². The molecule has 2 aromatic carbocycles. The third-order valence-electron chi connectivity index (χ3n) is 4.90. The van der Waals surface area contributed by atoms with Gasteiger partial charge in [-0.25, -0.2) is 13.4 Å². The number of ether oxygens (including phenoxy) is 2. The van der Waals surface area contributed by atoms with Crippen LogP contribution in [0.3, 0.4) is 0 Å². The van der Waals surface area contributed by atoms with Crippen LogP contribution < -0.4 is 10.2 Å². The molecule has 0 spiro atoms. The molecule has 0 amide bonds. The van der Waals surface area contributed by atoms with Gasteiger partial charge < -0.3 is 14.6 Å². The van der Waals surface area contributed by atoms with E-state index in [9.17, 15) is 13.5 Å². The maximum absolute atomic E-state index is 12.9. The largest absolute Gasteiger partial charge is 0.504 e. The highest BCUT2D eigenvalue weighted by Crippen LogP contribution is 2.28. The van der Waals surface area contributed by atoms with Crippen LogP contribution in [0.4, 0.5) is 5.13 Å². The van der Waals surface area contributed by atoms with E-state index < -0.39 is 10.0 Å². The zero-order chi connectivity index (χ0) is 23.3. The molecule has 1 aliphatic rings. The number of nitrogens with one attached hydrogen (secondary N) is 1. The predicted molar refractivity (Wildman–Crippen MR) is 128 cm³/mol. The first-order valence-corrected chi connectivity index (χ1v) is 12.7. The summed E-state index contributed by atoms with van der Waals surface area (Å²) in [5, 5.41) is 16.4. The van der Waals surface area contributed by atoms with Crippen molar-refractivity contribution in [3.05, 3.63) is 53.4 Å². The van der Waals surface area contributed by atoms with Crippen molar-refractivity contribution < 1.29 is 23.0 Å². The summed E-state index contributed by atoms with van der Waals surface area (Å²) in [6.45, 7) is 3.79. The van der Waals surface area contributed by atoms with E-state index in [-0.39, 0.29) is 10.6 Å². The molecule has 0 bridgehead atoms. The molecule has 2 N–H and O–H groups in total. The number of phenols is 1. The zero-order valence-electron chi connectivity index (χ0n) is 18.0. The van der Waals surface area contributed by atoms with Gasteiger partial charge in [0.1, 0.15) is 0 Å². The molecule has 0 saturated carbocycles. The molecule has 1 saturated heterocycles. The number of aromatic nitrogens is 1. The molecular formula is C22H24N4O5S2. The maximum atomic E-state index is 12.9. The number of thiazole rings is 1. The Kier molecular flexibility index (Phi) is 7.23. The van der Waals surface area contributed by atoms with Crippen molar-refractivity contribution in [2.24, 2.45) is 5.10 Å². The second-order valence-electron chi connectivity index (χ2n) is 7.11. The summed E-state index contributed by atoms with van der Waals surface area (Å²) < 4.78 is 37.9. The maximum Gasteiger partial charge on any atom is 0.243 e. The summed E-state index contributed by atoms with van der Waals surface area (Å²) in [7, 11) is -3.58. The Morgan fingerprint density at radius 2 is 2.09 bits per heavy atom. The number of hydrogen-bond donors (Lipinski definition) is 2. The summed E-state index contributed by atoms with van der Waals surface area (Å²) in [6.07, 6.45) is 1.60. The Balaban J connectivity index is 1.46. The molecule has 9 nitrogen and oxygen atoms in total. The molecule has 0 atom stereocenters. The van der Waals surface area contributed by atoms with Crippen molar-refractivity contribution >= 4 is 32.7 Å². The number of hydrogen-bond acceptors (Lipinski definition) is 9. The summed E-state index contributed by atoms with van der Waals surface area (Å²) in [5.41, 5.74) is 4.99. The molecule has 11 heteroatoms. The molecule has 2 heterocycles. The number of phenolic OH excluding ortho intramolecular Hbond substituents is 1. The molecular weight excluding hydrogens is 464 g/mol. The van der Waals surface area contributed by atoms with Gasteiger partial charge in [0.2, 0.25) is 15.2 Å². The number of rotatable bonds is 8. The summed E-state index contributed by atoms with van der Waals surface area (Å²) in [5.74, 6) is 0.467. The summed E-state index contributed by atoms with van der Waals surface area (Å²) in [6, 6.07) is 11.7. The summed E-state index contributed by atoms with van der Waals surface area (Å²) in [4.78, 5) is 4.74. The molecule has 1 fully saturated rings. The fourth-order valence-corrected chi connectivity index (χ4v) is 5.38. The van der Waals surface area contributed by atoms with Crippen molar-refractivity contribution in [2.75, 3.05) is 38.3 Å². The van der Waals surface area contributed by atoms with Crippen LogP contribution in [-0.4, -0.2) is 61.9 Å². The van der Waals surface area contributed by atoms with Crippen molar-refractivity contribution in [3.8, 4) is 22.8 Å². The highest BCUT2D eigenvalue weighted by atomic mass is 32.2. The van der Waals surface area contributed by atoms with Gasteiger partial charge in [0.05, 0.1) is 36.6 Å². The van der Waals surface area contributed by atoms with Crippen LogP contribution in [0.15, 0.2) is 57.8 Å². The minimum Gasteiger partial charge on any atom is -0.504 e. The first-order valence-electron chi connectivity index (χ1n) is 10.4. The Morgan fingerprint density at radius 1 is 1.27 bits per heavy atom. The lowest BCUT2D eigenvalue weighted by Crippen LogP contribution is -2.40. The van der Waals surface area contributed by atoms with E-state index in [1.54, 1.807) is 42.6 Å². The average Bonchev–Trinajstić information content (AvgIpc) is 3.31. The smallest absolute Gasteiger partial charge is 0.243 e. The molecule has 0 aliphatic carbocycles. The molecule has 0 unspecified atom stereocenters. The number of nitrogens with zero attached hydrogens (tertiary/aromatic N) is 3. The van der Waals surface area contributed by atoms with Crippen molar-refractivity contribution in [1.29, 1.82) is 0 Å². The number of aromatic hydroxyl groups is 1. The second kappa shape index (κ2) is 10.3. The number of benzene rings is 2. The van der Waals surface area contributed by atoms with Crippen LogP contribution in [0.1, 0.15) is 12.5 Å². The molecule has 33 heavy (non-hydrogen) atoms. The molecule has 0 radical (unpaired) electrons. The van der Waals surface area contributed by atoms with E-state index >= 15 is 0 Å². The van der Waals surface area contributed by atoms with Gasteiger partial charge in [0.15, 0.2) is 11.5 Å². The minimum atomic E-state index is -3.58. The van der Waals surface area contributed by atoms with Crippen molar-refractivity contribution in [3.63, 3.8) is 0 Å². The van der Waals surface area contributed by atoms with E-state index in [4.69, 9.17) is 9.47 Å². The fraction of sp³-hybridized carbons (Fsp3) is 0.273. The SMILES string of the molecule is CCOc1cc(/C=N\Nc2nc(-c3cccc(S(=O)(=O)N4CCOCC4)c3)cs2)ccc1O. The minimum absolute atomic E-state index is 0.0735. The Hall–Kier alpha value is -2.99. The van der Waals surface area contributed by atoms with Gasteiger partial charge in [-0.05, 0) is 42.8 Å². The lowest BCUT2D eigenvalue weighted by molar-refractivity contribution is 0.0730. The van der Waals surface area contributed by atoms with Gasteiger partial charge in [-0.1, -0.05) is 12.1 Å². The van der Waals surface area contributed by atoms with Gasteiger partial charge in [-0.2, -0.15) is 9.41 Å². The first-order chi connectivity index (χ1) is 16.0. The van der Waals surface area contributed by atoms with Crippen LogP contribution in [0.2, 0.25) is 0 Å². The Bertz CT molecular complexity index is 1240. The normalized spacial score (nSPS) is 15.1. The summed E-state index contributed by atoms with van der Waals surface area (Å²) >= 11 is 1.36. The number of morpholine rings is 1. The van der Waals surface area contributed by atoms with Gasteiger partial charge in [-0.15, -0.1) is 11.3 Å². The van der Waals surface area contributed by atoms with Gasteiger partial charge in [0.25, 0.3) is 0 Å². The van der Waals surface area contributed by atoms with E-state index in [1.165, 1.54) is 15.6 Å². The van der Waals surface area contributed by atoms with E-state index in [0.29, 0.717) is 55.0 Å². The number of anilines is 1. The van der Waals surface area contributed by atoms with Crippen LogP contribution in [0.25, 0.3) is 11.3 Å². The number of sulfonamides is 1. The van der Waals surface area contributed by atoms with Crippen LogP contribution >= 0.6 is 11.3 Å². The third-order valence-corrected chi connectivity index (χ3v) is 7.54. The molecule has 1 aliphatic heterocycles. The van der Waals surface area contributed by atoms with Crippen molar-refractivity contribution in [2.45, 2.75) is 11.8 Å². The molecule has 3 aromatic rings. The number of hydrazone groups is 1. The first kappa shape index (κ1) is 23.2. The molecule has 4 rings (SSSR count). The van der Waals surface area contributed by atoms with Crippen molar-refractivity contribution in [1.82, 2.24) is 9.29 Å². The van der Waals surface area contributed by atoms with Gasteiger partial charge >= 0.3 is 0 Å². The lowest BCUT2D eigenvalue weighted by atomic mass is 10.2.